The van der Waals surface area contributed by atoms with Crippen LogP contribution in [-0.2, 0) is 11.3 Å². The van der Waals surface area contributed by atoms with Crippen LogP contribution < -0.4 is 15.8 Å². The summed E-state index contributed by atoms with van der Waals surface area (Å²) < 4.78 is 4.94. The molecule has 0 aromatic carbocycles. The fourth-order valence-electron chi connectivity index (χ4n) is 1.36. The number of hydrogen-bond acceptors (Lipinski definition) is 4. The smallest absolute Gasteiger partial charge is 0.240 e. The van der Waals surface area contributed by atoms with E-state index in [0.29, 0.717) is 12.4 Å². The summed E-state index contributed by atoms with van der Waals surface area (Å²) >= 11 is 0. The zero-order chi connectivity index (χ0) is 11.6. The first kappa shape index (κ1) is 10.9. The first-order valence-corrected chi connectivity index (χ1v) is 5.20. The first-order valence-electron chi connectivity index (χ1n) is 5.20. The molecule has 0 atom stereocenters. The lowest BCUT2D eigenvalue weighted by Gasteiger charge is -2.09. The summed E-state index contributed by atoms with van der Waals surface area (Å²) in [5, 5.41) is 2.79. The van der Waals surface area contributed by atoms with Crippen molar-refractivity contribution in [1.82, 2.24) is 10.3 Å². The van der Waals surface area contributed by atoms with Crippen molar-refractivity contribution in [3.63, 3.8) is 0 Å². The van der Waals surface area contributed by atoms with E-state index >= 15 is 0 Å². The van der Waals surface area contributed by atoms with Crippen molar-refractivity contribution >= 4 is 5.91 Å². The molecule has 5 nitrogen and oxygen atoms in total. The van der Waals surface area contributed by atoms with E-state index < -0.39 is 5.54 Å². The number of carbonyl (C=O) groups is 1. The van der Waals surface area contributed by atoms with Crippen LogP contribution in [-0.4, -0.2) is 23.5 Å². The third-order valence-electron chi connectivity index (χ3n) is 2.70. The van der Waals surface area contributed by atoms with Gasteiger partial charge < -0.3 is 15.8 Å². The molecule has 16 heavy (non-hydrogen) atoms. The van der Waals surface area contributed by atoms with Gasteiger partial charge >= 0.3 is 0 Å². The Morgan fingerprint density at radius 1 is 1.62 bits per heavy atom. The molecule has 1 aliphatic rings. The van der Waals surface area contributed by atoms with Gasteiger partial charge in [0.1, 0.15) is 0 Å². The summed E-state index contributed by atoms with van der Waals surface area (Å²) in [6.07, 6.45) is 3.23. The van der Waals surface area contributed by atoms with E-state index in [0.717, 1.165) is 18.4 Å². The fraction of sp³-hybridized carbons (Fsp3) is 0.455. The van der Waals surface area contributed by atoms with Gasteiger partial charge in [0.05, 0.1) is 12.6 Å². The van der Waals surface area contributed by atoms with Gasteiger partial charge in [-0.3, -0.25) is 4.79 Å². The van der Waals surface area contributed by atoms with E-state index in [1.54, 1.807) is 19.4 Å². The molecule has 86 valence electrons. The Morgan fingerprint density at radius 3 is 2.88 bits per heavy atom. The van der Waals surface area contributed by atoms with Crippen molar-refractivity contribution < 1.29 is 9.53 Å². The zero-order valence-corrected chi connectivity index (χ0v) is 9.19. The normalized spacial score (nSPS) is 16.6. The van der Waals surface area contributed by atoms with Crippen molar-refractivity contribution in [2.45, 2.75) is 24.9 Å². The third kappa shape index (κ3) is 2.30. The van der Waals surface area contributed by atoms with E-state index in [4.69, 9.17) is 10.5 Å². The number of aromatic nitrogens is 1. The van der Waals surface area contributed by atoms with E-state index in [-0.39, 0.29) is 5.91 Å². The van der Waals surface area contributed by atoms with Gasteiger partial charge in [0, 0.05) is 18.8 Å². The summed E-state index contributed by atoms with van der Waals surface area (Å²) in [6, 6.07) is 3.62. The van der Waals surface area contributed by atoms with Gasteiger partial charge in [-0.15, -0.1) is 0 Å². The highest BCUT2D eigenvalue weighted by Gasteiger charge is 2.45. The summed E-state index contributed by atoms with van der Waals surface area (Å²) in [5.74, 6) is 0.482. The molecule has 1 saturated carbocycles. The molecule has 3 N–H and O–H groups in total. The highest BCUT2D eigenvalue weighted by atomic mass is 16.5. The van der Waals surface area contributed by atoms with Crippen molar-refractivity contribution in [2.75, 3.05) is 7.11 Å². The van der Waals surface area contributed by atoms with Crippen LogP contribution in [0.2, 0.25) is 0 Å². The molecule has 0 radical (unpaired) electrons. The first-order chi connectivity index (χ1) is 7.64. The third-order valence-corrected chi connectivity index (χ3v) is 2.70. The predicted molar refractivity (Wildman–Crippen MR) is 58.8 cm³/mol. The van der Waals surface area contributed by atoms with Crippen molar-refractivity contribution in [3.8, 4) is 5.88 Å². The largest absolute Gasteiger partial charge is 0.481 e. The average molecular weight is 221 g/mol. The molecular weight excluding hydrogens is 206 g/mol. The molecule has 0 saturated heterocycles. The second kappa shape index (κ2) is 4.09. The summed E-state index contributed by atoms with van der Waals surface area (Å²) in [4.78, 5) is 15.6. The number of nitrogens with zero attached hydrogens (tertiary/aromatic N) is 1. The lowest BCUT2D eigenvalue weighted by molar-refractivity contribution is -0.123. The predicted octanol–water partition coefficient (Wildman–Crippen LogP) is 0.198. The van der Waals surface area contributed by atoms with Gasteiger partial charge in [0.2, 0.25) is 11.8 Å². The molecule has 1 fully saturated rings. The van der Waals surface area contributed by atoms with Gasteiger partial charge in [-0.2, -0.15) is 0 Å². The molecule has 0 bridgehead atoms. The van der Waals surface area contributed by atoms with Crippen LogP contribution in [0.15, 0.2) is 18.3 Å². The second-order valence-electron chi connectivity index (χ2n) is 4.05. The highest BCUT2D eigenvalue weighted by Crippen LogP contribution is 2.32. The standard InChI is InChI=1S/C11H15N3O2/c1-16-9-3-2-8(6-13-9)7-14-10(15)11(12)4-5-11/h2-3,6H,4-5,7,12H2,1H3,(H,14,15). The molecule has 1 amide bonds. The van der Waals surface area contributed by atoms with Crippen LogP contribution in [0.3, 0.4) is 0 Å². The topological polar surface area (TPSA) is 77.2 Å². The maximum Gasteiger partial charge on any atom is 0.240 e. The number of hydrogen-bond donors (Lipinski definition) is 2. The van der Waals surface area contributed by atoms with Gasteiger partial charge in [0.25, 0.3) is 0 Å². The number of amides is 1. The van der Waals surface area contributed by atoms with Gasteiger partial charge in [-0.05, 0) is 18.4 Å². The second-order valence-corrected chi connectivity index (χ2v) is 4.05. The molecule has 2 rings (SSSR count). The maximum absolute atomic E-state index is 11.5. The summed E-state index contributed by atoms with van der Waals surface area (Å²) in [6.45, 7) is 0.453. The van der Waals surface area contributed by atoms with Crippen LogP contribution in [0.5, 0.6) is 5.88 Å². The minimum absolute atomic E-state index is 0.0803. The van der Waals surface area contributed by atoms with Crippen LogP contribution in [0.4, 0.5) is 0 Å². The van der Waals surface area contributed by atoms with E-state index in [1.807, 2.05) is 6.07 Å². The van der Waals surface area contributed by atoms with Gasteiger partial charge in [-0.25, -0.2) is 4.98 Å². The van der Waals surface area contributed by atoms with Crippen molar-refractivity contribution in [3.05, 3.63) is 23.9 Å². The van der Waals surface area contributed by atoms with Gasteiger partial charge in [-0.1, -0.05) is 6.07 Å². The Labute approximate surface area is 94.0 Å². The molecule has 0 aliphatic heterocycles. The number of ether oxygens (including phenoxy) is 1. The molecule has 1 aromatic rings. The fourth-order valence-corrected chi connectivity index (χ4v) is 1.36. The minimum atomic E-state index is -0.611. The maximum atomic E-state index is 11.5. The highest BCUT2D eigenvalue weighted by molar-refractivity contribution is 5.88. The number of carbonyl (C=O) groups excluding carboxylic acids is 1. The number of rotatable bonds is 4. The number of methoxy groups -OCH3 is 1. The Balaban J connectivity index is 1.87. The van der Waals surface area contributed by atoms with Crippen LogP contribution in [0.25, 0.3) is 0 Å². The Morgan fingerprint density at radius 2 is 2.38 bits per heavy atom. The van der Waals surface area contributed by atoms with Crippen molar-refractivity contribution in [1.29, 1.82) is 0 Å². The molecule has 1 aromatic heterocycles. The Kier molecular flexibility index (Phi) is 2.78. The monoisotopic (exact) mass is 221 g/mol. The molecule has 5 heteroatoms. The zero-order valence-electron chi connectivity index (χ0n) is 9.19. The molecule has 0 spiro atoms. The van der Waals surface area contributed by atoms with E-state index in [1.165, 1.54) is 0 Å². The molecule has 1 aliphatic carbocycles. The summed E-state index contributed by atoms with van der Waals surface area (Å²) in [5.41, 5.74) is 6.07. The van der Waals surface area contributed by atoms with E-state index in [2.05, 4.69) is 10.3 Å². The average Bonchev–Trinajstić information content (AvgIpc) is 3.06. The number of pyridine rings is 1. The quantitative estimate of drug-likeness (QED) is 0.761. The minimum Gasteiger partial charge on any atom is -0.481 e. The number of nitrogens with two attached hydrogens (primary N) is 1. The lowest BCUT2D eigenvalue weighted by Crippen LogP contribution is -2.42. The summed E-state index contributed by atoms with van der Waals surface area (Å²) in [7, 11) is 1.56. The SMILES string of the molecule is COc1ccc(CNC(=O)C2(N)CC2)cn1. The number of nitrogens with one attached hydrogen (secondary N) is 1. The Hall–Kier alpha value is -1.62. The van der Waals surface area contributed by atoms with Crippen LogP contribution in [0, 0.1) is 0 Å². The van der Waals surface area contributed by atoms with Crippen molar-refractivity contribution in [2.24, 2.45) is 5.73 Å². The van der Waals surface area contributed by atoms with Gasteiger partial charge in [0.15, 0.2) is 0 Å². The van der Waals surface area contributed by atoms with Crippen LogP contribution >= 0.6 is 0 Å². The molecular formula is C11H15N3O2. The Bertz CT molecular complexity index is 385. The van der Waals surface area contributed by atoms with E-state index in [9.17, 15) is 4.79 Å². The molecule has 1 heterocycles. The molecule has 0 unspecified atom stereocenters. The van der Waals surface area contributed by atoms with Crippen LogP contribution in [0.1, 0.15) is 18.4 Å². The lowest BCUT2D eigenvalue weighted by atomic mass is 10.2.